The summed E-state index contributed by atoms with van der Waals surface area (Å²) in [7, 11) is 0. The van der Waals surface area contributed by atoms with E-state index in [4.69, 9.17) is 5.11 Å². The Bertz CT molecular complexity index is 125. The van der Waals surface area contributed by atoms with Crippen molar-refractivity contribution in [2.24, 2.45) is 0 Å². The van der Waals surface area contributed by atoms with Crippen molar-refractivity contribution in [1.82, 2.24) is 0 Å². The summed E-state index contributed by atoms with van der Waals surface area (Å²) in [6.07, 6.45) is 1.97. The van der Waals surface area contributed by atoms with Crippen LogP contribution in [0.4, 0.5) is 0 Å². The van der Waals surface area contributed by atoms with Crippen molar-refractivity contribution < 1.29 is 44.6 Å². The number of carboxylic acid groups (broad SMARTS) is 1. The molecule has 0 radical (unpaired) electrons. The first kappa shape index (κ1) is 13.7. The van der Waals surface area contributed by atoms with Crippen LogP contribution in [0.1, 0.15) is 19.3 Å². The number of unbranched alkanes of at least 4 members (excludes halogenated alkanes) is 1. The van der Waals surface area contributed by atoms with Crippen molar-refractivity contribution in [3.05, 3.63) is 12.7 Å². The van der Waals surface area contributed by atoms with Gasteiger partial charge in [-0.15, -0.1) is 6.58 Å². The normalized spacial score (nSPS) is 11.4. The summed E-state index contributed by atoms with van der Waals surface area (Å²) >= 11 is 0. The van der Waals surface area contributed by atoms with Gasteiger partial charge in [0, 0.05) is 0 Å². The quantitative estimate of drug-likeness (QED) is 0.261. The van der Waals surface area contributed by atoms with Crippen LogP contribution in [0.3, 0.4) is 0 Å². The number of hydrogen-bond acceptors (Lipinski definition) is 3. The van der Waals surface area contributed by atoms with E-state index in [2.05, 4.69) is 6.58 Å². The molecule has 0 aliphatic carbocycles. The van der Waals surface area contributed by atoms with Crippen molar-refractivity contribution in [2.75, 3.05) is 0 Å². The number of carboxylic acids is 1. The summed E-state index contributed by atoms with van der Waals surface area (Å²) in [5.74, 6) is -1.40. The average Bonchev–Trinajstić information content (AvgIpc) is 1.88. The van der Waals surface area contributed by atoms with E-state index in [1.807, 2.05) is 0 Å². The van der Waals surface area contributed by atoms with Crippen molar-refractivity contribution in [3.63, 3.8) is 0 Å². The Morgan fingerprint density at radius 2 is 2.27 bits per heavy atom. The van der Waals surface area contributed by atoms with Gasteiger partial charge in [-0.05, 0) is 19.3 Å². The summed E-state index contributed by atoms with van der Waals surface area (Å²) in [6, 6.07) is 0. The van der Waals surface area contributed by atoms with Gasteiger partial charge in [0.15, 0.2) is 0 Å². The van der Waals surface area contributed by atoms with Crippen LogP contribution in [0.25, 0.3) is 0 Å². The predicted octanol–water partition coefficient (Wildman–Crippen LogP) is -3.54. The molecule has 0 heterocycles. The van der Waals surface area contributed by atoms with Gasteiger partial charge in [-0.2, -0.15) is 0 Å². The van der Waals surface area contributed by atoms with E-state index in [0.717, 1.165) is 6.42 Å². The third-order valence-electron chi connectivity index (χ3n) is 1.16. The van der Waals surface area contributed by atoms with Crippen molar-refractivity contribution in [1.29, 1.82) is 0 Å². The van der Waals surface area contributed by atoms with E-state index in [1.165, 1.54) is 0 Å². The second-order valence-corrected chi connectivity index (χ2v) is 2.05. The predicted molar refractivity (Wildman–Crippen MR) is 35.1 cm³/mol. The maximum Gasteiger partial charge on any atom is 1.00 e. The molecule has 0 aromatic rings. The summed E-state index contributed by atoms with van der Waals surface area (Å²) < 4.78 is 0. The largest absolute Gasteiger partial charge is 1.00 e. The number of carbonyl (C=O) groups excluding carboxylic acids is 1. The molecule has 0 aliphatic rings. The SMILES string of the molecule is C=CCCCC(O)C(=O)[O-].[Na+]. The van der Waals surface area contributed by atoms with Crippen LogP contribution >= 0.6 is 0 Å². The minimum atomic E-state index is -1.40. The van der Waals surface area contributed by atoms with Gasteiger partial charge in [-0.1, -0.05) is 6.08 Å². The molecule has 0 saturated heterocycles. The summed E-state index contributed by atoms with van der Waals surface area (Å²) in [6.45, 7) is 3.46. The molecule has 0 aromatic carbocycles. The van der Waals surface area contributed by atoms with Crippen molar-refractivity contribution in [3.8, 4) is 0 Å². The van der Waals surface area contributed by atoms with Crippen LogP contribution in [0.5, 0.6) is 0 Å². The van der Waals surface area contributed by atoms with Gasteiger partial charge in [0.2, 0.25) is 0 Å². The average molecular weight is 166 g/mol. The van der Waals surface area contributed by atoms with E-state index >= 15 is 0 Å². The number of aliphatic hydroxyl groups excluding tert-OH is 1. The maximum absolute atomic E-state index is 9.91. The zero-order chi connectivity index (χ0) is 7.98. The third kappa shape index (κ3) is 8.07. The first-order valence-corrected chi connectivity index (χ1v) is 3.18. The fourth-order valence-electron chi connectivity index (χ4n) is 0.573. The molecule has 0 spiro atoms. The number of allylic oxidation sites excluding steroid dienone is 1. The zero-order valence-electron chi connectivity index (χ0n) is 6.75. The van der Waals surface area contributed by atoms with Crippen LogP contribution in [0, 0.1) is 0 Å². The van der Waals surface area contributed by atoms with Crippen molar-refractivity contribution in [2.45, 2.75) is 25.4 Å². The van der Waals surface area contributed by atoms with E-state index in [-0.39, 0.29) is 36.0 Å². The molecule has 11 heavy (non-hydrogen) atoms. The number of aliphatic carboxylic acids is 1. The Labute approximate surface area is 88.4 Å². The Balaban J connectivity index is 0. The van der Waals surface area contributed by atoms with Crippen LogP contribution < -0.4 is 34.7 Å². The van der Waals surface area contributed by atoms with Crippen LogP contribution in [-0.4, -0.2) is 17.2 Å². The number of hydrogen-bond donors (Lipinski definition) is 1. The van der Waals surface area contributed by atoms with Gasteiger partial charge in [-0.25, -0.2) is 0 Å². The Hall–Kier alpha value is 0.170. The summed E-state index contributed by atoms with van der Waals surface area (Å²) in [5.41, 5.74) is 0. The molecule has 0 aromatic heterocycles. The third-order valence-corrected chi connectivity index (χ3v) is 1.16. The van der Waals surface area contributed by atoms with E-state index in [9.17, 15) is 9.90 Å². The number of aliphatic hydroxyl groups is 1. The summed E-state index contributed by atoms with van der Waals surface area (Å²) in [5, 5.41) is 18.6. The number of carbonyl (C=O) groups is 1. The van der Waals surface area contributed by atoms with Gasteiger partial charge in [-0.3, -0.25) is 0 Å². The molecular formula is C7H11NaO3. The fourth-order valence-corrected chi connectivity index (χ4v) is 0.573. The second-order valence-electron chi connectivity index (χ2n) is 2.05. The van der Waals surface area contributed by atoms with Crippen LogP contribution in [-0.2, 0) is 4.79 Å². The van der Waals surface area contributed by atoms with Crippen LogP contribution in [0.2, 0.25) is 0 Å². The molecule has 0 rings (SSSR count). The minimum Gasteiger partial charge on any atom is -0.547 e. The zero-order valence-corrected chi connectivity index (χ0v) is 8.75. The van der Waals surface area contributed by atoms with Crippen molar-refractivity contribution >= 4 is 5.97 Å². The Kier molecular flexibility index (Phi) is 10.3. The molecule has 1 N–H and O–H groups in total. The molecule has 0 bridgehead atoms. The van der Waals surface area contributed by atoms with E-state index in [1.54, 1.807) is 6.08 Å². The van der Waals surface area contributed by atoms with E-state index in [0.29, 0.717) is 6.42 Å². The minimum absolute atomic E-state index is 0. The molecule has 0 amide bonds. The molecule has 0 fully saturated rings. The van der Waals surface area contributed by atoms with Gasteiger partial charge in [0.05, 0.1) is 12.1 Å². The van der Waals surface area contributed by atoms with Gasteiger partial charge in [0.1, 0.15) is 0 Å². The number of rotatable bonds is 5. The first-order valence-electron chi connectivity index (χ1n) is 3.18. The molecule has 4 heteroatoms. The summed E-state index contributed by atoms with van der Waals surface area (Å²) in [4.78, 5) is 9.91. The van der Waals surface area contributed by atoms with Gasteiger partial charge < -0.3 is 15.0 Å². The molecule has 3 nitrogen and oxygen atoms in total. The van der Waals surface area contributed by atoms with E-state index < -0.39 is 12.1 Å². The molecule has 0 saturated carbocycles. The first-order chi connectivity index (χ1) is 4.68. The molecular weight excluding hydrogens is 155 g/mol. The second kappa shape index (κ2) is 8.27. The molecule has 0 aliphatic heterocycles. The topological polar surface area (TPSA) is 60.4 Å². The molecule has 1 atom stereocenters. The molecule has 58 valence electrons. The standard InChI is InChI=1S/C7H12O3.Na/c1-2-3-4-5-6(8)7(9)10;/h2,6,8H,1,3-5H2,(H,9,10);/q;+1/p-1. The van der Waals surface area contributed by atoms with Crippen LogP contribution in [0.15, 0.2) is 12.7 Å². The van der Waals surface area contributed by atoms with Gasteiger partial charge in [0.25, 0.3) is 0 Å². The maximum atomic E-state index is 9.91. The Morgan fingerprint density at radius 1 is 1.73 bits per heavy atom. The monoisotopic (exact) mass is 166 g/mol. The fraction of sp³-hybridized carbons (Fsp3) is 0.571. The Morgan fingerprint density at radius 3 is 2.64 bits per heavy atom. The smallest absolute Gasteiger partial charge is 0.547 e. The van der Waals surface area contributed by atoms with Gasteiger partial charge >= 0.3 is 29.6 Å². The molecule has 1 unspecified atom stereocenters.